The summed E-state index contributed by atoms with van der Waals surface area (Å²) in [6.07, 6.45) is 5.87. The fourth-order valence-corrected chi connectivity index (χ4v) is 7.24. The Morgan fingerprint density at radius 2 is 1.61 bits per heavy atom. The second-order valence-electron chi connectivity index (χ2n) is 16.3. The standard InChI is InChI=1S/C42H54N6O8/c1-10-12-18-29(34(50)37(52)43-23-30(49)45-32(38(53)47(8)9)26-16-14-13-15-17-26)44-36(51)33-31-28(42(31,6)7)24-48(33)39(54)35(41(3,4)5)46-40(55)56-27-21-19-25(11-2)20-22-27/h2,13-17,19-22,28-29,31-33,35H,10,12,18,23-24H2,1,3-9H3,(H,43,52)(H,44,51)(H,45,49)(H,46,55)/t28-,29?,31-,32+,33+,35-/m1/s1. The highest BCUT2D eigenvalue weighted by molar-refractivity contribution is 6.38. The van der Waals surface area contributed by atoms with Crippen molar-refractivity contribution in [2.24, 2.45) is 22.7 Å². The summed E-state index contributed by atoms with van der Waals surface area (Å²) in [5.41, 5.74) is 0.0828. The zero-order chi connectivity index (χ0) is 41.5. The number of nitrogens with zero attached hydrogens (tertiary/aromatic N) is 2. The molecular formula is C42H54N6O8. The normalized spacial score (nSPS) is 19.5. The Bertz CT molecular complexity index is 1850. The minimum Gasteiger partial charge on any atom is -0.410 e. The van der Waals surface area contributed by atoms with Gasteiger partial charge in [-0.05, 0) is 58.9 Å². The molecule has 2 fully saturated rings. The van der Waals surface area contributed by atoms with Gasteiger partial charge in [-0.25, -0.2) is 4.79 Å². The smallest absolute Gasteiger partial charge is 0.410 e. The molecule has 1 saturated heterocycles. The van der Waals surface area contributed by atoms with E-state index < -0.39 is 71.6 Å². The van der Waals surface area contributed by atoms with Crippen LogP contribution in [0.4, 0.5) is 4.79 Å². The van der Waals surface area contributed by atoms with Crippen molar-refractivity contribution >= 4 is 41.4 Å². The average molecular weight is 771 g/mol. The molecule has 14 heteroatoms. The average Bonchev–Trinajstić information content (AvgIpc) is 3.45. The van der Waals surface area contributed by atoms with Crippen LogP contribution < -0.4 is 26.0 Å². The fourth-order valence-electron chi connectivity index (χ4n) is 7.24. The predicted octanol–water partition coefficient (Wildman–Crippen LogP) is 2.96. The van der Waals surface area contributed by atoms with Gasteiger partial charge in [0.1, 0.15) is 23.9 Å². The quantitative estimate of drug-likeness (QED) is 0.158. The van der Waals surface area contributed by atoms with Gasteiger partial charge in [-0.15, -0.1) is 6.42 Å². The first-order chi connectivity index (χ1) is 26.3. The summed E-state index contributed by atoms with van der Waals surface area (Å²) in [5, 5.41) is 10.4. The van der Waals surface area contributed by atoms with Crippen LogP contribution in [-0.4, -0.2) is 96.5 Å². The molecule has 6 amide bonds. The first-order valence-electron chi connectivity index (χ1n) is 18.8. The molecule has 6 atom stereocenters. The molecule has 2 aromatic rings. The summed E-state index contributed by atoms with van der Waals surface area (Å²) in [4.78, 5) is 96.9. The van der Waals surface area contributed by atoms with Gasteiger partial charge >= 0.3 is 6.09 Å². The van der Waals surface area contributed by atoms with Crippen LogP contribution in [0.25, 0.3) is 0 Å². The maximum Gasteiger partial charge on any atom is 0.413 e. The van der Waals surface area contributed by atoms with E-state index in [1.54, 1.807) is 89.5 Å². The third-order valence-electron chi connectivity index (χ3n) is 10.6. The number of carbonyl (C=O) groups excluding carboxylic acids is 7. The lowest BCUT2D eigenvalue weighted by atomic mass is 9.85. The van der Waals surface area contributed by atoms with E-state index >= 15 is 0 Å². The summed E-state index contributed by atoms with van der Waals surface area (Å²) in [6, 6.07) is 10.6. The Morgan fingerprint density at radius 3 is 2.18 bits per heavy atom. The predicted molar refractivity (Wildman–Crippen MR) is 209 cm³/mol. The van der Waals surface area contributed by atoms with Crippen molar-refractivity contribution in [1.29, 1.82) is 0 Å². The number of nitrogens with one attached hydrogen (secondary N) is 4. The van der Waals surface area contributed by atoms with E-state index in [-0.39, 0.29) is 41.9 Å². The number of likely N-dealkylation sites (tertiary alicyclic amines) is 1. The third kappa shape index (κ3) is 10.1. The number of amides is 6. The minimum absolute atomic E-state index is 0.00451. The number of benzene rings is 2. The van der Waals surface area contributed by atoms with Gasteiger partial charge < -0.3 is 35.8 Å². The highest BCUT2D eigenvalue weighted by Gasteiger charge is 2.70. The monoisotopic (exact) mass is 770 g/mol. The number of rotatable bonds is 15. The summed E-state index contributed by atoms with van der Waals surface area (Å²) < 4.78 is 5.44. The van der Waals surface area contributed by atoms with Crippen molar-refractivity contribution in [3.05, 3.63) is 65.7 Å². The third-order valence-corrected chi connectivity index (χ3v) is 10.6. The number of carbonyl (C=O) groups is 7. The molecule has 1 saturated carbocycles. The zero-order valence-corrected chi connectivity index (χ0v) is 33.4. The van der Waals surface area contributed by atoms with Crippen molar-refractivity contribution in [2.75, 3.05) is 27.2 Å². The highest BCUT2D eigenvalue weighted by atomic mass is 16.6. The first kappa shape index (κ1) is 43.0. The molecule has 0 spiro atoms. The van der Waals surface area contributed by atoms with Crippen LogP contribution in [0.2, 0.25) is 0 Å². The van der Waals surface area contributed by atoms with Gasteiger partial charge in [0, 0.05) is 26.2 Å². The Morgan fingerprint density at radius 1 is 0.964 bits per heavy atom. The van der Waals surface area contributed by atoms with Gasteiger partial charge in [0.25, 0.3) is 5.91 Å². The number of ether oxygens (including phenoxy) is 1. The maximum absolute atomic E-state index is 14.3. The molecule has 300 valence electrons. The summed E-state index contributed by atoms with van der Waals surface area (Å²) in [5.74, 6) is -1.69. The second-order valence-corrected chi connectivity index (χ2v) is 16.3. The molecule has 2 aromatic carbocycles. The number of ketones is 1. The summed E-state index contributed by atoms with van der Waals surface area (Å²) in [6.45, 7) is 11.0. The van der Waals surface area contributed by atoms with Crippen molar-refractivity contribution in [2.45, 2.75) is 85.0 Å². The molecule has 4 rings (SSSR count). The molecule has 56 heavy (non-hydrogen) atoms. The van der Waals surface area contributed by atoms with Gasteiger partial charge in [0.05, 0.1) is 12.6 Å². The van der Waals surface area contributed by atoms with Gasteiger partial charge in [-0.2, -0.15) is 0 Å². The van der Waals surface area contributed by atoms with E-state index in [0.29, 0.717) is 24.0 Å². The van der Waals surface area contributed by atoms with Crippen molar-refractivity contribution in [3.63, 3.8) is 0 Å². The molecule has 1 unspecified atom stereocenters. The summed E-state index contributed by atoms with van der Waals surface area (Å²) >= 11 is 0. The zero-order valence-electron chi connectivity index (χ0n) is 33.4. The number of unbranched alkanes of at least 4 members (excludes halogenated alkanes) is 1. The molecule has 4 N–H and O–H groups in total. The molecular weight excluding hydrogens is 716 g/mol. The lowest BCUT2D eigenvalue weighted by molar-refractivity contribution is -0.145. The number of hydrogen-bond acceptors (Lipinski definition) is 8. The number of hydrogen-bond donors (Lipinski definition) is 4. The molecule has 0 aromatic heterocycles. The molecule has 1 heterocycles. The van der Waals surface area contributed by atoms with Crippen LogP contribution in [0, 0.1) is 35.0 Å². The number of terminal acetylenes is 1. The largest absolute Gasteiger partial charge is 0.413 e. The number of Topliss-reactive ketones (excluding diaryl/α,β-unsaturated/α-hetero) is 1. The Balaban J connectivity index is 1.46. The van der Waals surface area contributed by atoms with Crippen molar-refractivity contribution < 1.29 is 38.3 Å². The molecule has 1 aliphatic heterocycles. The van der Waals surface area contributed by atoms with Crippen LogP contribution in [0.1, 0.15) is 78.0 Å². The van der Waals surface area contributed by atoms with Gasteiger partial charge in [0.15, 0.2) is 0 Å². The lowest BCUT2D eigenvalue weighted by Gasteiger charge is -2.37. The maximum atomic E-state index is 14.3. The molecule has 1 aliphatic carbocycles. The van der Waals surface area contributed by atoms with Gasteiger partial charge in [-0.3, -0.25) is 28.8 Å². The van der Waals surface area contributed by atoms with Gasteiger partial charge in [0.2, 0.25) is 29.4 Å². The van der Waals surface area contributed by atoms with E-state index in [4.69, 9.17) is 11.2 Å². The van der Waals surface area contributed by atoms with Crippen LogP contribution in [0.5, 0.6) is 5.75 Å². The van der Waals surface area contributed by atoms with Gasteiger partial charge in [-0.1, -0.05) is 90.6 Å². The molecule has 0 radical (unpaired) electrons. The van der Waals surface area contributed by atoms with Crippen LogP contribution >= 0.6 is 0 Å². The SMILES string of the molecule is C#Cc1ccc(OC(=O)N[C@H](C(=O)N2C[C@@H]3[C@H]([C@H]2C(=O)NC(CCCC)C(=O)C(=O)NCC(=O)N[C@H](C(=O)N(C)C)c2ccccc2)C3(C)C)C(C)(C)C)cc1. The van der Waals surface area contributed by atoms with E-state index in [2.05, 4.69) is 27.2 Å². The minimum atomic E-state index is -1.23. The molecule has 0 bridgehead atoms. The van der Waals surface area contributed by atoms with Crippen LogP contribution in [0.3, 0.4) is 0 Å². The number of piperidine rings is 1. The van der Waals surface area contributed by atoms with Crippen molar-refractivity contribution in [3.8, 4) is 18.1 Å². The number of likely N-dealkylation sites (N-methyl/N-ethyl adjacent to an activating group) is 1. The number of fused-ring (bicyclic) bond motifs is 1. The van der Waals surface area contributed by atoms with E-state index in [1.165, 1.54) is 9.80 Å². The van der Waals surface area contributed by atoms with E-state index in [1.807, 2.05) is 20.8 Å². The molecule has 2 aliphatic rings. The van der Waals surface area contributed by atoms with E-state index in [9.17, 15) is 33.6 Å². The van der Waals surface area contributed by atoms with Crippen molar-refractivity contribution in [1.82, 2.24) is 31.1 Å². The lowest BCUT2D eigenvalue weighted by Crippen LogP contribution is -2.60. The highest BCUT2D eigenvalue weighted by Crippen LogP contribution is 2.65. The summed E-state index contributed by atoms with van der Waals surface area (Å²) in [7, 11) is 3.11. The Hall–Kier alpha value is -5.71. The topological polar surface area (TPSA) is 183 Å². The first-order valence-corrected chi connectivity index (χ1v) is 18.8. The van der Waals surface area contributed by atoms with E-state index in [0.717, 1.165) is 0 Å². The van der Waals surface area contributed by atoms with Crippen LogP contribution in [-0.2, 0) is 28.8 Å². The molecule has 14 nitrogen and oxygen atoms in total. The Labute approximate surface area is 328 Å². The second kappa shape index (κ2) is 17.8. The fraction of sp³-hybridized carbons (Fsp3) is 0.500. The Kier molecular flexibility index (Phi) is 13.7. The van der Waals surface area contributed by atoms with Crippen LogP contribution in [0.15, 0.2) is 54.6 Å².